The highest BCUT2D eigenvalue weighted by Crippen LogP contribution is 2.27. The molecule has 0 atom stereocenters. The number of aromatic hydroxyl groups is 1. The minimum atomic E-state index is -0.256. The van der Waals surface area contributed by atoms with Crippen LogP contribution in [0.15, 0.2) is 65.8 Å². The summed E-state index contributed by atoms with van der Waals surface area (Å²) in [6, 6.07) is 15.7. The van der Waals surface area contributed by atoms with Gasteiger partial charge in [-0.25, -0.2) is 9.07 Å². The monoisotopic (exact) mass is 422 g/mol. The second-order valence-electron chi connectivity index (χ2n) is 7.41. The molecule has 0 unspecified atom stereocenters. The smallest absolute Gasteiger partial charge is 0.193 e. The van der Waals surface area contributed by atoms with Crippen molar-refractivity contribution in [2.24, 2.45) is 4.99 Å². The zero-order chi connectivity index (χ0) is 21.6. The molecular weight excluding hydrogens is 395 g/mol. The molecule has 1 fully saturated rings. The summed E-state index contributed by atoms with van der Waals surface area (Å²) in [5, 5.41) is 18.1. The van der Waals surface area contributed by atoms with Crippen molar-refractivity contribution in [3.8, 4) is 11.4 Å². The maximum atomic E-state index is 13.1. The van der Waals surface area contributed by atoms with Gasteiger partial charge in [-0.2, -0.15) is 5.10 Å². The van der Waals surface area contributed by atoms with E-state index >= 15 is 0 Å². The number of hydrogen-bond acceptors (Lipinski definition) is 4. The summed E-state index contributed by atoms with van der Waals surface area (Å²) in [6.07, 6.45) is 2.64. The topological polar surface area (TPSA) is 68.9 Å². The normalized spacial score (nSPS) is 14.7. The van der Waals surface area contributed by atoms with Crippen molar-refractivity contribution in [3.05, 3.63) is 72.3 Å². The minimum absolute atomic E-state index is 0.256. The summed E-state index contributed by atoms with van der Waals surface area (Å²) in [6.45, 7) is 4.01. The number of nitrogens with zero attached hydrogens (tertiary/aromatic N) is 5. The second-order valence-corrected chi connectivity index (χ2v) is 7.41. The molecule has 0 radical (unpaired) electrons. The molecule has 0 saturated carbocycles. The molecule has 0 spiro atoms. The van der Waals surface area contributed by atoms with E-state index in [4.69, 9.17) is 0 Å². The Morgan fingerprint density at radius 2 is 1.81 bits per heavy atom. The third-order valence-electron chi connectivity index (χ3n) is 5.41. The van der Waals surface area contributed by atoms with Crippen LogP contribution in [0.5, 0.6) is 5.75 Å². The summed E-state index contributed by atoms with van der Waals surface area (Å²) < 4.78 is 14.8. The van der Waals surface area contributed by atoms with E-state index in [1.165, 1.54) is 12.1 Å². The number of para-hydroxylation sites is 2. The van der Waals surface area contributed by atoms with Crippen molar-refractivity contribution in [2.75, 3.05) is 44.7 Å². The minimum Gasteiger partial charge on any atom is -0.506 e. The number of piperazine rings is 1. The largest absolute Gasteiger partial charge is 0.506 e. The fourth-order valence-corrected chi connectivity index (χ4v) is 3.76. The molecule has 8 heteroatoms. The van der Waals surface area contributed by atoms with E-state index in [1.54, 1.807) is 29.9 Å². The van der Waals surface area contributed by atoms with Crippen LogP contribution >= 0.6 is 0 Å². The first-order valence-electron chi connectivity index (χ1n) is 10.4. The first kappa shape index (κ1) is 20.7. The van der Waals surface area contributed by atoms with Gasteiger partial charge in [0.1, 0.15) is 11.6 Å². The van der Waals surface area contributed by atoms with Gasteiger partial charge in [0.05, 0.1) is 17.1 Å². The number of phenolic OH excluding ortho intramolecular Hbond substituents is 1. The maximum absolute atomic E-state index is 13.1. The SMILES string of the molecule is CN=C(NCCc1ccn(-c2ccc(F)cc2)n1)N1CCN(c2ccccc2O)CC1. The second kappa shape index (κ2) is 9.51. The zero-order valence-electron chi connectivity index (χ0n) is 17.6. The van der Waals surface area contributed by atoms with Crippen LogP contribution in [0.25, 0.3) is 5.69 Å². The molecule has 4 rings (SSSR count). The standard InChI is InChI=1S/C23H27FN6O/c1-25-23(29-16-14-28(15-17-29)21-4-2-3-5-22(21)31)26-12-10-19-11-13-30(27-19)20-8-6-18(24)7-9-20/h2-9,11,13,31H,10,12,14-17H2,1H3,(H,25,26). The molecule has 2 heterocycles. The Labute approximate surface area is 181 Å². The lowest BCUT2D eigenvalue weighted by Crippen LogP contribution is -2.52. The van der Waals surface area contributed by atoms with Crippen molar-refractivity contribution in [2.45, 2.75) is 6.42 Å². The Kier molecular flexibility index (Phi) is 6.35. The van der Waals surface area contributed by atoms with E-state index < -0.39 is 0 Å². The average Bonchev–Trinajstić information content (AvgIpc) is 3.27. The number of guanidine groups is 1. The number of hydrogen-bond donors (Lipinski definition) is 2. The molecule has 7 nitrogen and oxygen atoms in total. The van der Waals surface area contributed by atoms with Gasteiger partial charge >= 0.3 is 0 Å². The number of rotatable bonds is 5. The molecule has 1 aromatic heterocycles. The fourth-order valence-electron chi connectivity index (χ4n) is 3.76. The van der Waals surface area contributed by atoms with Crippen molar-refractivity contribution < 1.29 is 9.50 Å². The van der Waals surface area contributed by atoms with Crippen molar-refractivity contribution >= 4 is 11.6 Å². The van der Waals surface area contributed by atoms with Crippen LogP contribution in [-0.4, -0.2) is 65.5 Å². The average molecular weight is 423 g/mol. The van der Waals surface area contributed by atoms with Crippen LogP contribution in [0.1, 0.15) is 5.69 Å². The van der Waals surface area contributed by atoms with E-state index in [0.29, 0.717) is 12.3 Å². The van der Waals surface area contributed by atoms with Gasteiger partial charge < -0.3 is 20.2 Å². The van der Waals surface area contributed by atoms with Crippen molar-refractivity contribution in [1.29, 1.82) is 0 Å². The Balaban J connectivity index is 1.27. The Morgan fingerprint density at radius 1 is 1.06 bits per heavy atom. The van der Waals surface area contributed by atoms with Crippen LogP contribution in [0.2, 0.25) is 0 Å². The highest BCUT2D eigenvalue weighted by molar-refractivity contribution is 5.80. The third-order valence-corrected chi connectivity index (χ3v) is 5.41. The number of aliphatic imine (C=N–C) groups is 1. The summed E-state index contributed by atoms with van der Waals surface area (Å²) in [5.74, 6) is 0.932. The van der Waals surface area contributed by atoms with Crippen molar-refractivity contribution in [3.63, 3.8) is 0 Å². The van der Waals surface area contributed by atoms with Gasteiger partial charge in [0.2, 0.25) is 0 Å². The van der Waals surface area contributed by atoms with Crippen LogP contribution in [0.3, 0.4) is 0 Å². The molecule has 0 bridgehead atoms. The van der Waals surface area contributed by atoms with E-state index in [9.17, 15) is 9.50 Å². The number of anilines is 1. The molecule has 1 aliphatic heterocycles. The Bertz CT molecular complexity index is 1020. The predicted octanol–water partition coefficient (Wildman–Crippen LogP) is 2.66. The van der Waals surface area contributed by atoms with Crippen LogP contribution in [0, 0.1) is 5.82 Å². The molecule has 162 valence electrons. The lowest BCUT2D eigenvalue weighted by molar-refractivity contribution is 0.370. The van der Waals surface area contributed by atoms with Gasteiger partial charge in [0.25, 0.3) is 0 Å². The lowest BCUT2D eigenvalue weighted by atomic mass is 10.2. The summed E-state index contributed by atoms with van der Waals surface area (Å²) in [5.41, 5.74) is 2.66. The van der Waals surface area contributed by atoms with Gasteiger partial charge in [-0.3, -0.25) is 4.99 Å². The van der Waals surface area contributed by atoms with Crippen LogP contribution in [-0.2, 0) is 6.42 Å². The quantitative estimate of drug-likeness (QED) is 0.489. The highest BCUT2D eigenvalue weighted by atomic mass is 19.1. The number of benzene rings is 2. The van der Waals surface area contributed by atoms with Crippen molar-refractivity contribution in [1.82, 2.24) is 20.0 Å². The summed E-state index contributed by atoms with van der Waals surface area (Å²) in [4.78, 5) is 8.85. The molecule has 2 aromatic carbocycles. The number of phenols is 1. The van der Waals surface area contributed by atoms with Gasteiger partial charge in [-0.15, -0.1) is 0 Å². The fraction of sp³-hybridized carbons (Fsp3) is 0.304. The summed E-state index contributed by atoms with van der Waals surface area (Å²) in [7, 11) is 1.79. The lowest BCUT2D eigenvalue weighted by Gasteiger charge is -2.37. The molecule has 31 heavy (non-hydrogen) atoms. The molecule has 1 saturated heterocycles. The van der Waals surface area contributed by atoms with Crippen LogP contribution in [0.4, 0.5) is 10.1 Å². The van der Waals surface area contributed by atoms with Gasteiger partial charge in [0, 0.05) is 52.4 Å². The van der Waals surface area contributed by atoms with E-state index in [2.05, 4.69) is 25.2 Å². The maximum Gasteiger partial charge on any atom is 0.193 e. The number of nitrogens with one attached hydrogen (secondary N) is 1. The Morgan fingerprint density at radius 3 is 2.52 bits per heavy atom. The number of aromatic nitrogens is 2. The zero-order valence-corrected chi connectivity index (χ0v) is 17.6. The van der Waals surface area contributed by atoms with E-state index in [-0.39, 0.29) is 5.82 Å². The van der Waals surface area contributed by atoms with E-state index in [0.717, 1.165) is 55.6 Å². The first-order chi connectivity index (χ1) is 15.1. The number of halogens is 1. The molecule has 2 N–H and O–H groups in total. The predicted molar refractivity (Wildman–Crippen MR) is 120 cm³/mol. The van der Waals surface area contributed by atoms with Gasteiger partial charge in [-0.1, -0.05) is 12.1 Å². The molecular formula is C23H27FN6O. The van der Waals surface area contributed by atoms with E-state index in [1.807, 2.05) is 30.5 Å². The molecule has 3 aromatic rings. The molecule has 1 aliphatic rings. The molecule has 0 aliphatic carbocycles. The Hall–Kier alpha value is -3.55. The first-order valence-corrected chi connectivity index (χ1v) is 10.4. The molecule has 0 amide bonds. The van der Waals surface area contributed by atoms with Gasteiger partial charge in [-0.05, 0) is 42.5 Å². The third kappa shape index (κ3) is 4.96. The van der Waals surface area contributed by atoms with Gasteiger partial charge in [0.15, 0.2) is 5.96 Å². The summed E-state index contributed by atoms with van der Waals surface area (Å²) >= 11 is 0. The highest BCUT2D eigenvalue weighted by Gasteiger charge is 2.21. The van der Waals surface area contributed by atoms with Crippen LogP contribution < -0.4 is 10.2 Å².